The van der Waals surface area contributed by atoms with Crippen LogP contribution in [-0.2, 0) is 13.0 Å². The van der Waals surface area contributed by atoms with Crippen molar-refractivity contribution < 1.29 is 4.42 Å². The van der Waals surface area contributed by atoms with Gasteiger partial charge in [-0.25, -0.2) is 4.98 Å². The highest BCUT2D eigenvalue weighted by molar-refractivity contribution is 5.11. The fourth-order valence-corrected chi connectivity index (χ4v) is 2.26. The van der Waals surface area contributed by atoms with Crippen molar-refractivity contribution in [1.82, 2.24) is 20.1 Å². The normalized spacial score (nSPS) is 12.8. The molecule has 0 aliphatic heterocycles. The lowest BCUT2D eigenvalue weighted by molar-refractivity contribution is 0.388. The molecule has 1 unspecified atom stereocenters. The van der Waals surface area contributed by atoms with Crippen molar-refractivity contribution in [3.63, 3.8) is 0 Å². The SMILES string of the molecule is CCCNC(Cc1ncnn1CCC)c1ccc(C)o1. The van der Waals surface area contributed by atoms with Gasteiger partial charge >= 0.3 is 0 Å². The minimum atomic E-state index is 0.156. The Morgan fingerprint density at radius 3 is 2.80 bits per heavy atom. The summed E-state index contributed by atoms with van der Waals surface area (Å²) in [6.45, 7) is 8.16. The standard InChI is InChI=1S/C15H24N4O/c1-4-8-16-13(14-7-6-12(3)20-14)10-15-17-11-18-19(15)9-5-2/h6-7,11,13,16H,4-5,8-10H2,1-3H3. The van der Waals surface area contributed by atoms with E-state index in [0.29, 0.717) is 0 Å². The van der Waals surface area contributed by atoms with Crippen LogP contribution in [0.1, 0.15) is 50.1 Å². The van der Waals surface area contributed by atoms with Gasteiger partial charge in [-0.2, -0.15) is 5.10 Å². The van der Waals surface area contributed by atoms with E-state index in [2.05, 4.69) is 29.2 Å². The molecule has 2 aromatic heterocycles. The number of nitrogens with one attached hydrogen (secondary N) is 1. The Kier molecular flexibility index (Phi) is 5.35. The number of hydrogen-bond acceptors (Lipinski definition) is 4. The summed E-state index contributed by atoms with van der Waals surface area (Å²) in [6.07, 6.45) is 4.59. The van der Waals surface area contributed by atoms with Crippen LogP contribution < -0.4 is 5.32 Å². The third-order valence-electron chi connectivity index (χ3n) is 3.26. The molecule has 0 bridgehead atoms. The predicted octanol–water partition coefficient (Wildman–Crippen LogP) is 2.87. The van der Waals surface area contributed by atoms with Crippen LogP contribution >= 0.6 is 0 Å². The zero-order valence-electron chi connectivity index (χ0n) is 12.6. The molecule has 20 heavy (non-hydrogen) atoms. The number of nitrogens with zero attached hydrogens (tertiary/aromatic N) is 3. The molecule has 2 rings (SSSR count). The van der Waals surface area contributed by atoms with Crippen LogP contribution in [-0.4, -0.2) is 21.3 Å². The van der Waals surface area contributed by atoms with Gasteiger partial charge in [-0.1, -0.05) is 13.8 Å². The lowest BCUT2D eigenvalue weighted by Gasteiger charge is -2.16. The first-order valence-corrected chi connectivity index (χ1v) is 7.41. The monoisotopic (exact) mass is 276 g/mol. The Labute approximate surface area is 120 Å². The lowest BCUT2D eigenvalue weighted by Crippen LogP contribution is -2.25. The maximum Gasteiger partial charge on any atom is 0.138 e. The van der Waals surface area contributed by atoms with Gasteiger partial charge < -0.3 is 9.73 Å². The summed E-state index contributed by atoms with van der Waals surface area (Å²) in [7, 11) is 0. The summed E-state index contributed by atoms with van der Waals surface area (Å²) in [6, 6.07) is 4.21. The molecule has 1 N–H and O–H groups in total. The molecule has 1 atom stereocenters. The summed E-state index contributed by atoms with van der Waals surface area (Å²) in [5.41, 5.74) is 0. The van der Waals surface area contributed by atoms with Gasteiger partial charge in [0.25, 0.3) is 0 Å². The molecular formula is C15H24N4O. The van der Waals surface area contributed by atoms with E-state index in [-0.39, 0.29) is 6.04 Å². The van der Waals surface area contributed by atoms with Crippen LogP contribution in [0.5, 0.6) is 0 Å². The molecule has 5 heteroatoms. The van der Waals surface area contributed by atoms with E-state index in [1.807, 2.05) is 23.7 Å². The van der Waals surface area contributed by atoms with Gasteiger partial charge in [-0.05, 0) is 38.4 Å². The van der Waals surface area contributed by atoms with Crippen molar-refractivity contribution in [3.8, 4) is 0 Å². The molecular weight excluding hydrogens is 252 g/mol. The number of aryl methyl sites for hydroxylation is 2. The van der Waals surface area contributed by atoms with E-state index in [4.69, 9.17) is 4.42 Å². The van der Waals surface area contributed by atoms with Gasteiger partial charge in [-0.15, -0.1) is 0 Å². The first kappa shape index (κ1) is 14.8. The topological polar surface area (TPSA) is 55.9 Å². The lowest BCUT2D eigenvalue weighted by atomic mass is 10.1. The highest BCUT2D eigenvalue weighted by Crippen LogP contribution is 2.20. The van der Waals surface area contributed by atoms with E-state index in [0.717, 1.165) is 49.7 Å². The summed E-state index contributed by atoms with van der Waals surface area (Å²) in [4.78, 5) is 4.39. The van der Waals surface area contributed by atoms with Crippen LogP contribution in [0.15, 0.2) is 22.9 Å². The van der Waals surface area contributed by atoms with Crippen molar-refractivity contribution in [2.45, 2.75) is 52.6 Å². The summed E-state index contributed by atoms with van der Waals surface area (Å²) < 4.78 is 7.75. The van der Waals surface area contributed by atoms with Gasteiger partial charge in [0.15, 0.2) is 0 Å². The first-order valence-electron chi connectivity index (χ1n) is 7.41. The van der Waals surface area contributed by atoms with Crippen LogP contribution in [0.2, 0.25) is 0 Å². The van der Waals surface area contributed by atoms with Gasteiger partial charge in [-0.3, -0.25) is 4.68 Å². The average molecular weight is 276 g/mol. The summed E-state index contributed by atoms with van der Waals surface area (Å²) in [5, 5.41) is 7.82. The fourth-order valence-electron chi connectivity index (χ4n) is 2.26. The zero-order valence-corrected chi connectivity index (χ0v) is 12.6. The summed E-state index contributed by atoms with van der Waals surface area (Å²) in [5.74, 6) is 2.93. The van der Waals surface area contributed by atoms with E-state index in [1.54, 1.807) is 6.33 Å². The van der Waals surface area contributed by atoms with Crippen LogP contribution in [0, 0.1) is 6.92 Å². The highest BCUT2D eigenvalue weighted by atomic mass is 16.3. The minimum absolute atomic E-state index is 0.156. The molecule has 0 amide bonds. The molecule has 0 saturated heterocycles. The van der Waals surface area contributed by atoms with E-state index >= 15 is 0 Å². The number of hydrogen-bond donors (Lipinski definition) is 1. The average Bonchev–Trinajstić information content (AvgIpc) is 3.04. The smallest absolute Gasteiger partial charge is 0.138 e. The molecule has 0 saturated carbocycles. The Balaban J connectivity index is 2.12. The second kappa shape index (κ2) is 7.24. The number of aromatic nitrogens is 3. The Morgan fingerprint density at radius 1 is 1.30 bits per heavy atom. The van der Waals surface area contributed by atoms with Crippen molar-refractivity contribution in [1.29, 1.82) is 0 Å². The van der Waals surface area contributed by atoms with Gasteiger partial charge in [0, 0.05) is 13.0 Å². The number of rotatable bonds is 8. The largest absolute Gasteiger partial charge is 0.465 e. The van der Waals surface area contributed by atoms with Crippen LogP contribution in [0.25, 0.3) is 0 Å². The molecule has 0 spiro atoms. The van der Waals surface area contributed by atoms with Crippen molar-refractivity contribution >= 4 is 0 Å². The highest BCUT2D eigenvalue weighted by Gasteiger charge is 2.18. The van der Waals surface area contributed by atoms with Crippen LogP contribution in [0.4, 0.5) is 0 Å². The molecule has 0 fully saturated rings. The van der Waals surface area contributed by atoms with Crippen molar-refractivity contribution in [2.24, 2.45) is 0 Å². The molecule has 110 valence electrons. The maximum atomic E-state index is 5.77. The Hall–Kier alpha value is -1.62. The van der Waals surface area contributed by atoms with Crippen molar-refractivity contribution in [2.75, 3.05) is 6.54 Å². The Morgan fingerprint density at radius 2 is 2.15 bits per heavy atom. The van der Waals surface area contributed by atoms with Gasteiger partial charge in [0.1, 0.15) is 23.7 Å². The van der Waals surface area contributed by atoms with E-state index < -0.39 is 0 Å². The quantitative estimate of drug-likeness (QED) is 0.805. The molecule has 2 aromatic rings. The Bertz CT molecular complexity index is 517. The molecule has 0 aliphatic carbocycles. The maximum absolute atomic E-state index is 5.77. The first-order chi connectivity index (χ1) is 9.74. The van der Waals surface area contributed by atoms with E-state index in [9.17, 15) is 0 Å². The van der Waals surface area contributed by atoms with Crippen molar-refractivity contribution in [3.05, 3.63) is 35.8 Å². The molecule has 2 heterocycles. The van der Waals surface area contributed by atoms with Gasteiger partial charge in [0.05, 0.1) is 6.04 Å². The third-order valence-corrected chi connectivity index (χ3v) is 3.26. The molecule has 0 aromatic carbocycles. The number of furan rings is 1. The third kappa shape index (κ3) is 3.70. The van der Waals surface area contributed by atoms with Crippen LogP contribution in [0.3, 0.4) is 0 Å². The summed E-state index contributed by atoms with van der Waals surface area (Å²) >= 11 is 0. The zero-order chi connectivity index (χ0) is 14.4. The molecule has 0 aliphatic rings. The fraction of sp³-hybridized carbons (Fsp3) is 0.600. The minimum Gasteiger partial charge on any atom is -0.465 e. The molecule has 0 radical (unpaired) electrons. The molecule has 5 nitrogen and oxygen atoms in total. The van der Waals surface area contributed by atoms with E-state index in [1.165, 1.54) is 0 Å². The van der Waals surface area contributed by atoms with Gasteiger partial charge in [0.2, 0.25) is 0 Å². The predicted molar refractivity (Wildman–Crippen MR) is 78.5 cm³/mol. The second-order valence-electron chi connectivity index (χ2n) is 5.06. The second-order valence-corrected chi connectivity index (χ2v) is 5.06.